The zero-order chi connectivity index (χ0) is 31.6. The molecule has 0 aliphatic carbocycles. The number of amides is 1. The van der Waals surface area contributed by atoms with Gasteiger partial charge in [-0.3, -0.25) is 19.4 Å². The van der Waals surface area contributed by atoms with Crippen molar-refractivity contribution in [3.05, 3.63) is 107 Å². The van der Waals surface area contributed by atoms with Crippen LogP contribution in [0.1, 0.15) is 66.4 Å². The number of hydrogen-bond donors (Lipinski definition) is 3. The number of carbonyl (C=O) groups is 2. The molecule has 1 amide bonds. The maximum atomic E-state index is 12.1. The first-order chi connectivity index (χ1) is 21.9. The second-order valence-electron chi connectivity index (χ2n) is 12.1. The highest BCUT2D eigenvalue weighted by molar-refractivity contribution is 5.76. The Morgan fingerprint density at radius 1 is 0.800 bits per heavy atom. The van der Waals surface area contributed by atoms with Crippen molar-refractivity contribution in [2.75, 3.05) is 32.7 Å². The van der Waals surface area contributed by atoms with Crippen molar-refractivity contribution in [2.45, 2.75) is 64.4 Å². The molecule has 0 spiro atoms. The van der Waals surface area contributed by atoms with Crippen LogP contribution in [0.2, 0.25) is 0 Å². The molecule has 240 valence electrons. The number of hydrogen-bond acceptors (Lipinski definition) is 7. The van der Waals surface area contributed by atoms with Crippen LogP contribution in [0.3, 0.4) is 0 Å². The van der Waals surface area contributed by atoms with Crippen LogP contribution < -0.4 is 5.32 Å². The topological polar surface area (TPSA) is 112 Å². The van der Waals surface area contributed by atoms with E-state index >= 15 is 0 Å². The number of carbonyl (C=O) groups excluding carboxylic acids is 1. The molecule has 9 heteroatoms. The van der Waals surface area contributed by atoms with Crippen LogP contribution in [0.15, 0.2) is 78.9 Å². The van der Waals surface area contributed by atoms with E-state index in [9.17, 15) is 14.7 Å². The summed E-state index contributed by atoms with van der Waals surface area (Å²) in [5.41, 5.74) is 5.12. The molecule has 0 radical (unpaired) electrons. The number of piperazine rings is 1. The number of nitrogens with zero attached hydrogens (tertiary/aromatic N) is 2. The summed E-state index contributed by atoms with van der Waals surface area (Å²) < 4.78 is 13.3. The van der Waals surface area contributed by atoms with Crippen LogP contribution in [-0.2, 0) is 38.8 Å². The van der Waals surface area contributed by atoms with Crippen molar-refractivity contribution in [1.82, 2.24) is 15.1 Å². The van der Waals surface area contributed by atoms with Crippen molar-refractivity contribution in [1.29, 1.82) is 0 Å². The lowest BCUT2D eigenvalue weighted by Crippen LogP contribution is -2.51. The highest BCUT2D eigenvalue weighted by atomic mass is 16.7. The molecule has 2 aliphatic rings. The van der Waals surface area contributed by atoms with Crippen molar-refractivity contribution < 1.29 is 29.3 Å². The van der Waals surface area contributed by atoms with Gasteiger partial charge in [-0.15, -0.1) is 0 Å². The van der Waals surface area contributed by atoms with Crippen LogP contribution in [0, 0.1) is 5.92 Å². The minimum absolute atomic E-state index is 0.00110. The standard InChI is InChI=1S/C36H45N3O6/c1-26-32(24-39-20-18-38(19-21-39)23-28-6-3-2-4-7-28)44-36(45-35(26)30-14-12-29(25-40)13-15-30)31-16-10-27(11-17-31)22-37-33(41)8-5-9-34(42)43/h2-4,6-7,10-17,26,32,35-36,40H,5,8-9,18-25H2,1H3,(H,37,41)(H,42,43). The van der Waals surface area contributed by atoms with E-state index in [0.717, 1.165) is 61.5 Å². The van der Waals surface area contributed by atoms with Gasteiger partial charge in [0.1, 0.15) is 0 Å². The molecule has 3 N–H and O–H groups in total. The highest BCUT2D eigenvalue weighted by Crippen LogP contribution is 2.42. The summed E-state index contributed by atoms with van der Waals surface area (Å²) >= 11 is 0. The molecule has 0 bridgehead atoms. The molecule has 3 aromatic carbocycles. The van der Waals surface area contributed by atoms with Gasteiger partial charge in [-0.05, 0) is 28.7 Å². The molecule has 0 saturated carbocycles. The van der Waals surface area contributed by atoms with Gasteiger partial charge in [-0.1, -0.05) is 85.8 Å². The fraction of sp³-hybridized carbons (Fsp3) is 0.444. The molecular formula is C36H45N3O6. The molecule has 0 aromatic heterocycles. The van der Waals surface area contributed by atoms with Crippen molar-refractivity contribution in [3.63, 3.8) is 0 Å². The van der Waals surface area contributed by atoms with Crippen LogP contribution in [-0.4, -0.2) is 70.7 Å². The van der Waals surface area contributed by atoms with Crippen molar-refractivity contribution >= 4 is 11.9 Å². The van der Waals surface area contributed by atoms with Gasteiger partial charge < -0.3 is 25.0 Å². The Balaban J connectivity index is 1.22. The lowest BCUT2D eigenvalue weighted by Gasteiger charge is -2.44. The quantitative estimate of drug-likeness (QED) is 0.255. The van der Waals surface area contributed by atoms with Crippen molar-refractivity contribution in [3.8, 4) is 0 Å². The lowest BCUT2D eigenvalue weighted by atomic mass is 9.90. The average molecular weight is 616 g/mol. The molecule has 2 aliphatic heterocycles. The lowest BCUT2D eigenvalue weighted by molar-refractivity contribution is -0.276. The first kappa shape index (κ1) is 32.8. The summed E-state index contributed by atoms with van der Waals surface area (Å²) in [6, 6.07) is 26.5. The number of aliphatic hydroxyl groups is 1. The molecule has 9 nitrogen and oxygen atoms in total. The van der Waals surface area contributed by atoms with E-state index in [0.29, 0.717) is 13.0 Å². The van der Waals surface area contributed by atoms with Gasteiger partial charge >= 0.3 is 5.97 Å². The Morgan fingerprint density at radius 2 is 1.44 bits per heavy atom. The number of aliphatic hydroxyl groups excluding tert-OH is 1. The first-order valence-electron chi connectivity index (χ1n) is 15.9. The van der Waals surface area contributed by atoms with Gasteiger partial charge in [-0.25, -0.2) is 0 Å². The Kier molecular flexibility index (Phi) is 11.7. The largest absolute Gasteiger partial charge is 0.481 e. The zero-order valence-corrected chi connectivity index (χ0v) is 26.0. The van der Waals surface area contributed by atoms with Crippen LogP contribution >= 0.6 is 0 Å². The summed E-state index contributed by atoms with van der Waals surface area (Å²) in [5.74, 6) is -0.945. The molecule has 4 unspecified atom stereocenters. The molecular weight excluding hydrogens is 570 g/mol. The number of aliphatic carboxylic acids is 1. The summed E-state index contributed by atoms with van der Waals surface area (Å²) in [4.78, 5) is 27.8. The van der Waals surface area contributed by atoms with E-state index in [4.69, 9.17) is 14.6 Å². The first-order valence-corrected chi connectivity index (χ1v) is 15.9. The van der Waals surface area contributed by atoms with Gasteiger partial charge in [0.05, 0.1) is 18.8 Å². The molecule has 2 saturated heterocycles. The van der Waals surface area contributed by atoms with E-state index in [1.54, 1.807) is 0 Å². The highest BCUT2D eigenvalue weighted by Gasteiger charge is 2.39. The van der Waals surface area contributed by atoms with E-state index in [-0.39, 0.29) is 43.5 Å². The number of ether oxygens (including phenoxy) is 2. The average Bonchev–Trinajstić information content (AvgIpc) is 3.06. The van der Waals surface area contributed by atoms with E-state index in [1.807, 2.05) is 48.5 Å². The van der Waals surface area contributed by atoms with Crippen molar-refractivity contribution in [2.24, 2.45) is 5.92 Å². The number of rotatable bonds is 13. The van der Waals surface area contributed by atoms with Gasteiger partial charge in [0.15, 0.2) is 6.29 Å². The maximum absolute atomic E-state index is 12.1. The molecule has 4 atom stereocenters. The van der Waals surface area contributed by atoms with Gasteiger partial charge in [0, 0.05) is 70.1 Å². The van der Waals surface area contributed by atoms with E-state index in [1.165, 1.54) is 5.56 Å². The number of nitrogens with one attached hydrogen (secondary N) is 1. The van der Waals surface area contributed by atoms with Crippen LogP contribution in [0.5, 0.6) is 0 Å². The second kappa shape index (κ2) is 16.1. The SMILES string of the molecule is CC1C(CN2CCN(Cc3ccccc3)CC2)OC(c2ccc(CNC(=O)CCCC(=O)O)cc2)OC1c1ccc(CO)cc1. The Morgan fingerprint density at radius 3 is 2.11 bits per heavy atom. The predicted octanol–water partition coefficient (Wildman–Crippen LogP) is 4.66. The minimum Gasteiger partial charge on any atom is -0.481 e. The summed E-state index contributed by atoms with van der Waals surface area (Å²) in [6.45, 7) is 8.34. The number of carboxylic acids is 1. The summed E-state index contributed by atoms with van der Waals surface area (Å²) in [5, 5.41) is 21.2. The Bertz CT molecular complexity index is 1360. The Labute approximate surface area is 265 Å². The molecule has 5 rings (SSSR count). The fourth-order valence-electron chi connectivity index (χ4n) is 6.04. The normalized spacial score (nSPS) is 22.6. The third-order valence-corrected chi connectivity index (χ3v) is 8.81. The Hall–Kier alpha value is -3.60. The predicted molar refractivity (Wildman–Crippen MR) is 171 cm³/mol. The van der Waals surface area contributed by atoms with Gasteiger partial charge in [0.2, 0.25) is 5.91 Å². The summed E-state index contributed by atoms with van der Waals surface area (Å²) in [6.07, 6.45) is -0.269. The second-order valence-corrected chi connectivity index (χ2v) is 12.1. The third kappa shape index (κ3) is 9.45. The van der Waals surface area contributed by atoms with Crippen LogP contribution in [0.4, 0.5) is 0 Å². The number of carboxylic acid groups (broad SMARTS) is 1. The molecule has 3 aromatic rings. The minimum atomic E-state index is -0.895. The smallest absolute Gasteiger partial charge is 0.303 e. The molecule has 2 fully saturated rings. The maximum Gasteiger partial charge on any atom is 0.303 e. The molecule has 45 heavy (non-hydrogen) atoms. The van der Waals surface area contributed by atoms with Crippen LogP contribution in [0.25, 0.3) is 0 Å². The fourth-order valence-corrected chi connectivity index (χ4v) is 6.04. The van der Waals surface area contributed by atoms with E-state index < -0.39 is 12.3 Å². The third-order valence-electron chi connectivity index (χ3n) is 8.81. The zero-order valence-electron chi connectivity index (χ0n) is 26.0. The monoisotopic (exact) mass is 615 g/mol. The van der Waals surface area contributed by atoms with Gasteiger partial charge in [-0.2, -0.15) is 0 Å². The number of benzene rings is 3. The van der Waals surface area contributed by atoms with E-state index in [2.05, 4.69) is 52.4 Å². The molecule has 2 heterocycles. The van der Waals surface area contributed by atoms with Gasteiger partial charge in [0.25, 0.3) is 0 Å². The summed E-state index contributed by atoms with van der Waals surface area (Å²) in [7, 11) is 0.